The maximum atomic E-state index is 12.6. The Bertz CT molecular complexity index is 1470. The van der Waals surface area contributed by atoms with Gasteiger partial charge < -0.3 is 9.08 Å². The maximum absolute atomic E-state index is 12.6. The van der Waals surface area contributed by atoms with Crippen molar-refractivity contribution in [3.8, 4) is 5.75 Å². The summed E-state index contributed by atoms with van der Waals surface area (Å²) in [5.41, 5.74) is -9.57. The summed E-state index contributed by atoms with van der Waals surface area (Å²) in [7, 11) is -11.2. The van der Waals surface area contributed by atoms with E-state index in [4.69, 9.17) is 23.2 Å². The molecular weight excluding hydrogens is 639 g/mol. The monoisotopic (exact) mass is 659 g/mol. The first-order chi connectivity index (χ1) is 18.3. The molecule has 1 atom stereocenters. The van der Waals surface area contributed by atoms with Gasteiger partial charge in [-0.25, -0.2) is 0 Å². The highest BCUT2D eigenvalue weighted by molar-refractivity contribution is 7.90. The molecule has 1 saturated heterocycles. The molecule has 0 saturated carbocycles. The smallest absolute Gasteiger partial charge is 0.376 e. The Kier molecular flexibility index (Phi) is 9.33. The van der Waals surface area contributed by atoms with Gasteiger partial charge in [-0.15, -0.1) is 0 Å². The number of halogens is 8. The lowest BCUT2D eigenvalue weighted by Crippen LogP contribution is -2.39. The van der Waals surface area contributed by atoms with Crippen LogP contribution < -0.4 is 4.18 Å². The Morgan fingerprint density at radius 2 is 1.62 bits per heavy atom. The molecule has 1 aromatic carbocycles. The van der Waals surface area contributed by atoms with Crippen LogP contribution in [0.2, 0.25) is 10.0 Å². The minimum atomic E-state index is -5.72. The number of benzene rings is 1. The Morgan fingerprint density at radius 1 is 1.02 bits per heavy atom. The van der Waals surface area contributed by atoms with Crippen LogP contribution in [-0.2, 0) is 44.2 Å². The second-order valence-corrected chi connectivity index (χ2v) is 12.9. The molecule has 4 rings (SSSR count). The van der Waals surface area contributed by atoms with E-state index in [1.54, 1.807) is 11.8 Å². The number of nitrogens with zero attached hydrogens (tertiary/aromatic N) is 3. The number of alkyl halides is 6. The first-order valence-corrected chi connectivity index (χ1v) is 15.1. The second-order valence-electron chi connectivity index (χ2n) is 8.71. The summed E-state index contributed by atoms with van der Waals surface area (Å²) >= 11 is 11.5. The summed E-state index contributed by atoms with van der Waals surface area (Å²) in [6.07, 6.45) is 3.93. The van der Waals surface area contributed by atoms with E-state index in [0.29, 0.717) is 55.5 Å². The number of fused-ring (bicyclic) bond motifs is 1. The Hall–Kier alpha value is -2.24. The van der Waals surface area contributed by atoms with Crippen LogP contribution in [0, 0.1) is 0 Å². The molecule has 40 heavy (non-hydrogen) atoms. The Morgan fingerprint density at radius 3 is 2.10 bits per heavy atom. The van der Waals surface area contributed by atoms with Gasteiger partial charge in [0.15, 0.2) is 0 Å². The van der Waals surface area contributed by atoms with Crippen molar-refractivity contribution in [2.24, 2.45) is 0 Å². The van der Waals surface area contributed by atoms with Gasteiger partial charge in [0.1, 0.15) is 5.75 Å². The minimum Gasteiger partial charge on any atom is -0.376 e. The molecule has 2 aliphatic rings. The fourth-order valence-electron chi connectivity index (χ4n) is 4.15. The van der Waals surface area contributed by atoms with Crippen LogP contribution in [0.3, 0.4) is 0 Å². The minimum absolute atomic E-state index is 0.00580. The molecular formula is C21H21Cl2F6N3O6S2. The standard InChI is InChI=1S/C12H14F3N3O3S.C9H7Cl2F3O3S/c13-12(14,15)22(20,21)18-7-8-6-9(3-4-10(8)16-18)17-5-1-2-11(17)19;1-2-6-7(10)3-5(4-8(6)11)17-18(15,16)9(12,13)14/h7,9H,1-6H2;3-4H,2H2,1H3. The van der Waals surface area contributed by atoms with Crippen molar-refractivity contribution < 1.29 is 52.2 Å². The predicted octanol–water partition coefficient (Wildman–Crippen LogP) is 4.84. The normalized spacial score (nSPS) is 18.3. The number of hydrogen-bond donors (Lipinski definition) is 0. The number of amides is 1. The number of rotatable bonds is 5. The summed E-state index contributed by atoms with van der Waals surface area (Å²) in [5, 5.41) is 3.65. The van der Waals surface area contributed by atoms with Gasteiger partial charge in [0.05, 0.1) is 5.69 Å². The molecule has 2 heterocycles. The molecule has 1 aromatic heterocycles. The number of carbonyl (C=O) groups is 1. The summed E-state index contributed by atoms with van der Waals surface area (Å²) in [6.45, 7) is 2.38. The molecule has 1 unspecified atom stereocenters. The highest BCUT2D eigenvalue weighted by Crippen LogP contribution is 2.34. The van der Waals surface area contributed by atoms with E-state index in [1.165, 1.54) is 0 Å². The van der Waals surface area contributed by atoms with Crippen molar-refractivity contribution in [1.29, 1.82) is 0 Å². The Balaban J connectivity index is 0.000000226. The highest BCUT2D eigenvalue weighted by atomic mass is 35.5. The SMILES string of the molecule is CCc1c(Cl)cc(OS(=O)(=O)C(F)(F)F)cc1Cl.O=C1CCCN1C1CCc2nn(S(=O)(=O)C(F)(F)F)cc2C1. The maximum Gasteiger partial charge on any atom is 0.534 e. The predicted molar refractivity (Wildman–Crippen MR) is 131 cm³/mol. The highest BCUT2D eigenvalue weighted by Gasteiger charge is 2.49. The van der Waals surface area contributed by atoms with Crippen molar-refractivity contribution in [3.05, 3.63) is 45.2 Å². The average molecular weight is 660 g/mol. The van der Waals surface area contributed by atoms with Crippen LogP contribution in [0.1, 0.15) is 43.0 Å². The molecule has 2 aromatic rings. The average Bonchev–Trinajstić information content (AvgIpc) is 3.43. The van der Waals surface area contributed by atoms with Gasteiger partial charge in [-0.1, -0.05) is 30.1 Å². The van der Waals surface area contributed by atoms with Crippen molar-refractivity contribution in [2.75, 3.05) is 6.54 Å². The fourth-order valence-corrected chi connectivity index (χ4v) is 6.01. The third kappa shape index (κ3) is 6.79. The van der Waals surface area contributed by atoms with Crippen LogP contribution in [0.15, 0.2) is 18.3 Å². The van der Waals surface area contributed by atoms with Gasteiger partial charge in [-0.2, -0.15) is 52.4 Å². The molecule has 1 aliphatic carbocycles. The van der Waals surface area contributed by atoms with Crippen LogP contribution in [-0.4, -0.2) is 60.4 Å². The quantitative estimate of drug-likeness (QED) is 0.256. The van der Waals surface area contributed by atoms with Crippen LogP contribution in [0.4, 0.5) is 26.3 Å². The molecule has 19 heteroatoms. The number of aromatic nitrogens is 2. The van der Waals surface area contributed by atoms with E-state index in [9.17, 15) is 48.0 Å². The van der Waals surface area contributed by atoms with Gasteiger partial charge in [-0.05, 0) is 43.2 Å². The molecule has 1 aliphatic heterocycles. The lowest BCUT2D eigenvalue weighted by Gasteiger charge is -2.30. The third-order valence-electron chi connectivity index (χ3n) is 6.07. The summed E-state index contributed by atoms with van der Waals surface area (Å²) in [4.78, 5) is 13.5. The van der Waals surface area contributed by atoms with Crippen molar-refractivity contribution in [2.45, 2.75) is 62.5 Å². The van der Waals surface area contributed by atoms with Crippen LogP contribution >= 0.6 is 23.2 Å². The molecule has 0 bridgehead atoms. The van der Waals surface area contributed by atoms with Crippen molar-refractivity contribution in [3.63, 3.8) is 0 Å². The summed E-state index contributed by atoms with van der Waals surface area (Å²) in [6, 6.07) is 1.85. The Labute approximate surface area is 235 Å². The largest absolute Gasteiger partial charge is 0.534 e. The first kappa shape index (κ1) is 32.3. The van der Waals surface area contributed by atoms with Gasteiger partial charge in [0.2, 0.25) is 5.91 Å². The number of likely N-dealkylation sites (tertiary alicyclic amines) is 1. The molecule has 1 amide bonds. The second kappa shape index (κ2) is 11.6. The molecule has 1 fully saturated rings. The van der Waals surface area contributed by atoms with E-state index in [-0.39, 0.29) is 26.1 Å². The molecule has 0 radical (unpaired) electrons. The van der Waals surface area contributed by atoms with Gasteiger partial charge in [0, 0.05) is 47.4 Å². The first-order valence-electron chi connectivity index (χ1n) is 11.5. The summed E-state index contributed by atoms with van der Waals surface area (Å²) in [5.74, 6) is -0.539. The molecule has 224 valence electrons. The van der Waals surface area contributed by atoms with E-state index in [0.717, 1.165) is 24.8 Å². The van der Waals surface area contributed by atoms with E-state index >= 15 is 0 Å². The molecule has 0 N–H and O–H groups in total. The van der Waals surface area contributed by atoms with Crippen LogP contribution in [0.5, 0.6) is 5.75 Å². The fraction of sp³-hybridized carbons (Fsp3) is 0.524. The zero-order valence-corrected chi connectivity index (χ0v) is 23.5. The van der Waals surface area contributed by atoms with Gasteiger partial charge >= 0.3 is 31.2 Å². The van der Waals surface area contributed by atoms with Crippen molar-refractivity contribution in [1.82, 2.24) is 14.1 Å². The summed E-state index contributed by atoms with van der Waals surface area (Å²) < 4.78 is 122. The van der Waals surface area contributed by atoms with E-state index in [1.807, 2.05) is 0 Å². The van der Waals surface area contributed by atoms with Gasteiger partial charge in [0.25, 0.3) is 0 Å². The van der Waals surface area contributed by atoms with E-state index < -0.39 is 36.9 Å². The zero-order chi connectivity index (χ0) is 30.3. The van der Waals surface area contributed by atoms with Gasteiger partial charge in [-0.3, -0.25) is 4.79 Å². The lowest BCUT2D eigenvalue weighted by molar-refractivity contribution is -0.129. The third-order valence-corrected chi connectivity index (χ3v) is 8.99. The van der Waals surface area contributed by atoms with E-state index in [2.05, 4.69) is 9.28 Å². The number of hydrogen-bond acceptors (Lipinski definition) is 7. The lowest BCUT2D eigenvalue weighted by atomic mass is 9.92. The zero-order valence-electron chi connectivity index (χ0n) is 20.4. The molecule has 9 nitrogen and oxygen atoms in total. The number of aryl methyl sites for hydroxylation is 1. The molecule has 0 spiro atoms. The van der Waals surface area contributed by atoms with Crippen molar-refractivity contribution >= 4 is 49.3 Å². The topological polar surface area (TPSA) is 116 Å². The van der Waals surface area contributed by atoms with Crippen LogP contribution in [0.25, 0.3) is 0 Å². The number of carbonyl (C=O) groups excluding carboxylic acids is 1.